The van der Waals surface area contributed by atoms with E-state index in [1.807, 2.05) is 41.5 Å². The number of thiol groups is 1. The Balaban J connectivity index is -0.00000116. The number of esters is 1. The number of aryl methyl sites for hydroxylation is 1. The lowest BCUT2D eigenvalue weighted by Gasteiger charge is -2.16. The summed E-state index contributed by atoms with van der Waals surface area (Å²) in [6.07, 6.45) is 2.41. The van der Waals surface area contributed by atoms with E-state index in [1.54, 1.807) is 20.1 Å². The summed E-state index contributed by atoms with van der Waals surface area (Å²) in [5.41, 5.74) is -0.319. The molecular weight excluding hydrogens is 497 g/mol. The van der Waals surface area contributed by atoms with Crippen LogP contribution in [0, 0.1) is 11.7 Å². The van der Waals surface area contributed by atoms with Crippen LogP contribution in [0.4, 0.5) is 9.18 Å². The van der Waals surface area contributed by atoms with Gasteiger partial charge in [-0.25, -0.2) is 22.9 Å². The highest BCUT2D eigenvalue weighted by atomic mass is 32.2. The molecular formula is C23H46FN3O6S2. The number of amides is 1. The van der Waals surface area contributed by atoms with Crippen molar-refractivity contribution < 1.29 is 32.8 Å². The van der Waals surface area contributed by atoms with Crippen LogP contribution in [-0.4, -0.2) is 76.1 Å². The number of carbonyl (C=O) groups is 2. The summed E-state index contributed by atoms with van der Waals surface area (Å²) in [5.74, 6) is -2.15. The minimum Gasteiger partial charge on any atom is -0.461 e. The zero-order valence-electron chi connectivity index (χ0n) is 22.9. The molecule has 0 radical (unpaired) electrons. The lowest BCUT2D eigenvalue weighted by molar-refractivity contribution is 0.0509. The highest BCUT2D eigenvalue weighted by Crippen LogP contribution is 2.22. The number of likely N-dealkylation sites (tertiary alicyclic amines) is 1. The monoisotopic (exact) mass is 543 g/mol. The van der Waals surface area contributed by atoms with Gasteiger partial charge < -0.3 is 24.0 Å². The Hall–Kier alpha value is -1.63. The third-order valence-electron chi connectivity index (χ3n) is 4.22. The van der Waals surface area contributed by atoms with Crippen molar-refractivity contribution in [3.8, 4) is 0 Å². The minimum absolute atomic E-state index is 0.0874. The standard InChI is InChI=1S/C16H24FN3O6S.3C2H6.CH4S/c1-4-25-15(22)14-13(17)12(8-19(14)3)27(24)18-11-7-20(6-10(11)9-21)16(23)26-5-2;4*1-2/h8,10-11,18,21H,4-7,9H2,1-3H3;3*1-2H3;2H,1H3. The van der Waals surface area contributed by atoms with Crippen molar-refractivity contribution in [2.24, 2.45) is 13.0 Å². The Kier molecular flexibility index (Phi) is 24.7. The quantitative estimate of drug-likeness (QED) is 0.354. The maximum atomic E-state index is 14.6. The predicted octanol–water partition coefficient (Wildman–Crippen LogP) is 4.03. The van der Waals surface area contributed by atoms with Gasteiger partial charge in [-0.05, 0) is 20.1 Å². The molecule has 0 aromatic carbocycles. The third kappa shape index (κ3) is 11.8. The molecule has 2 rings (SSSR count). The van der Waals surface area contributed by atoms with E-state index in [-0.39, 0.29) is 49.4 Å². The fourth-order valence-corrected chi connectivity index (χ4v) is 4.07. The van der Waals surface area contributed by atoms with Gasteiger partial charge in [-0.15, -0.1) is 0 Å². The number of nitrogens with one attached hydrogen (secondary N) is 1. The highest BCUT2D eigenvalue weighted by molar-refractivity contribution is 7.83. The SMILES string of the molecule is CC.CC.CC.CCOC(=O)c1c(F)c(S(=O)NC2CN(C(=O)OCC)CC2CO)cn1C.CS. The first-order valence-corrected chi connectivity index (χ1v) is 14.1. The molecule has 2 heterocycles. The molecule has 1 aromatic rings. The first kappa shape index (κ1) is 37.9. The molecule has 208 valence electrons. The summed E-state index contributed by atoms with van der Waals surface area (Å²) >= 11 is 3.53. The van der Waals surface area contributed by atoms with E-state index in [1.165, 1.54) is 22.7 Å². The van der Waals surface area contributed by atoms with Crippen molar-refractivity contribution in [1.29, 1.82) is 0 Å². The van der Waals surface area contributed by atoms with Gasteiger partial charge >= 0.3 is 12.1 Å². The van der Waals surface area contributed by atoms with Crippen molar-refractivity contribution in [2.75, 3.05) is 39.2 Å². The van der Waals surface area contributed by atoms with Crippen molar-refractivity contribution in [1.82, 2.24) is 14.2 Å². The maximum Gasteiger partial charge on any atom is 0.409 e. The number of halogens is 1. The van der Waals surface area contributed by atoms with Crippen LogP contribution in [0.2, 0.25) is 0 Å². The average Bonchev–Trinajstić information content (AvgIpc) is 3.44. The molecule has 0 saturated carbocycles. The van der Waals surface area contributed by atoms with E-state index in [4.69, 9.17) is 9.47 Å². The zero-order valence-corrected chi connectivity index (χ0v) is 24.6. The second-order valence-electron chi connectivity index (χ2n) is 6.03. The number of rotatable bonds is 7. The number of ether oxygens (including phenoxy) is 2. The molecule has 1 amide bonds. The van der Waals surface area contributed by atoms with Crippen molar-refractivity contribution >= 4 is 35.7 Å². The Labute approximate surface area is 218 Å². The molecule has 3 atom stereocenters. The Morgan fingerprint density at radius 2 is 1.63 bits per heavy atom. The molecule has 9 nitrogen and oxygen atoms in total. The summed E-state index contributed by atoms with van der Waals surface area (Å²) < 4.78 is 40.9. The Morgan fingerprint density at radius 3 is 2.09 bits per heavy atom. The number of nitrogens with zero attached hydrogens (tertiary/aromatic N) is 2. The van der Waals surface area contributed by atoms with Crippen LogP contribution in [0.1, 0.15) is 65.9 Å². The fraction of sp³-hybridized carbons (Fsp3) is 0.739. The third-order valence-corrected chi connectivity index (χ3v) is 5.42. The van der Waals surface area contributed by atoms with Gasteiger partial charge in [0.1, 0.15) is 15.9 Å². The lowest BCUT2D eigenvalue weighted by Crippen LogP contribution is -2.39. The number of hydrogen-bond donors (Lipinski definition) is 3. The molecule has 1 saturated heterocycles. The number of aromatic nitrogens is 1. The summed E-state index contributed by atoms with van der Waals surface area (Å²) in [5, 5.41) is 9.53. The highest BCUT2D eigenvalue weighted by Gasteiger charge is 2.37. The van der Waals surface area contributed by atoms with E-state index in [2.05, 4.69) is 17.4 Å². The summed E-state index contributed by atoms with van der Waals surface area (Å²) in [6, 6.07) is -0.522. The fourth-order valence-electron chi connectivity index (χ4n) is 2.89. The van der Waals surface area contributed by atoms with E-state index < -0.39 is 34.9 Å². The maximum absolute atomic E-state index is 14.6. The van der Waals surface area contributed by atoms with Gasteiger partial charge in [-0.3, -0.25) is 0 Å². The van der Waals surface area contributed by atoms with Crippen LogP contribution in [0.5, 0.6) is 0 Å². The molecule has 12 heteroatoms. The number of aliphatic hydroxyl groups excluding tert-OH is 1. The minimum atomic E-state index is -1.99. The number of carbonyl (C=O) groups excluding carboxylic acids is 2. The van der Waals surface area contributed by atoms with Crippen LogP contribution in [0.3, 0.4) is 0 Å². The number of aliphatic hydroxyl groups is 1. The van der Waals surface area contributed by atoms with Crippen molar-refractivity contribution in [3.05, 3.63) is 17.7 Å². The van der Waals surface area contributed by atoms with Gasteiger partial charge in [0, 0.05) is 44.9 Å². The van der Waals surface area contributed by atoms with Gasteiger partial charge in [0.25, 0.3) is 0 Å². The predicted molar refractivity (Wildman–Crippen MR) is 143 cm³/mol. The Bertz CT molecular complexity index is 734. The van der Waals surface area contributed by atoms with Crippen molar-refractivity contribution in [3.63, 3.8) is 0 Å². The largest absolute Gasteiger partial charge is 0.461 e. The van der Waals surface area contributed by atoms with Crippen LogP contribution in [0.25, 0.3) is 0 Å². The molecule has 3 unspecified atom stereocenters. The van der Waals surface area contributed by atoms with Gasteiger partial charge in [-0.1, -0.05) is 41.5 Å². The van der Waals surface area contributed by atoms with Crippen LogP contribution in [-0.2, 0) is 27.5 Å². The van der Waals surface area contributed by atoms with Gasteiger partial charge in [0.05, 0.1) is 13.2 Å². The molecule has 0 spiro atoms. The lowest BCUT2D eigenvalue weighted by atomic mass is 10.1. The smallest absolute Gasteiger partial charge is 0.409 e. The first-order chi connectivity index (χ1) is 16.8. The molecule has 35 heavy (non-hydrogen) atoms. The number of hydrogen-bond acceptors (Lipinski definition) is 7. The second kappa shape index (κ2) is 22.8. The summed E-state index contributed by atoms with van der Waals surface area (Å²) in [6.45, 7) is 15.7. The van der Waals surface area contributed by atoms with E-state index >= 15 is 0 Å². The van der Waals surface area contributed by atoms with Crippen LogP contribution < -0.4 is 4.72 Å². The van der Waals surface area contributed by atoms with Gasteiger partial charge in [0.2, 0.25) is 0 Å². The van der Waals surface area contributed by atoms with Gasteiger partial charge in [0.15, 0.2) is 11.5 Å². The molecule has 1 aliphatic rings. The van der Waals surface area contributed by atoms with E-state index in [0.29, 0.717) is 0 Å². The van der Waals surface area contributed by atoms with E-state index in [0.717, 1.165) is 0 Å². The van der Waals surface area contributed by atoms with Crippen LogP contribution >= 0.6 is 12.6 Å². The van der Waals surface area contributed by atoms with Crippen LogP contribution in [0.15, 0.2) is 11.1 Å². The summed E-state index contributed by atoms with van der Waals surface area (Å²) in [4.78, 5) is 24.9. The average molecular weight is 544 g/mol. The zero-order chi connectivity index (χ0) is 28.1. The molecule has 0 bridgehead atoms. The Morgan fingerprint density at radius 1 is 1.11 bits per heavy atom. The van der Waals surface area contributed by atoms with Crippen molar-refractivity contribution in [2.45, 2.75) is 66.3 Å². The normalized spacial score (nSPS) is 16.5. The molecule has 1 fully saturated rings. The molecule has 0 aliphatic carbocycles. The summed E-state index contributed by atoms with van der Waals surface area (Å²) in [7, 11) is -0.543. The van der Waals surface area contributed by atoms with E-state index in [9.17, 15) is 23.3 Å². The molecule has 1 aromatic heterocycles. The molecule has 1 aliphatic heterocycles. The van der Waals surface area contributed by atoms with Gasteiger partial charge in [-0.2, -0.15) is 12.6 Å². The second-order valence-corrected chi connectivity index (χ2v) is 7.24. The topological polar surface area (TPSA) is 110 Å². The molecule has 2 N–H and O–H groups in total. The first-order valence-electron chi connectivity index (χ1n) is 12.0.